The van der Waals surface area contributed by atoms with Crippen LogP contribution < -0.4 is 5.32 Å². The molecule has 0 radical (unpaired) electrons. The van der Waals surface area contributed by atoms with Gasteiger partial charge in [-0.2, -0.15) is 0 Å². The average molecular weight is 316 g/mol. The zero-order valence-electron chi connectivity index (χ0n) is 12.4. The first-order valence-electron chi connectivity index (χ1n) is 7.02. The van der Waals surface area contributed by atoms with Gasteiger partial charge in [0, 0.05) is 24.2 Å². The highest BCUT2D eigenvalue weighted by Crippen LogP contribution is 2.13. The lowest BCUT2D eigenvalue weighted by atomic mass is 10.1. The van der Waals surface area contributed by atoms with Gasteiger partial charge in [0.05, 0.1) is 0 Å². The van der Waals surface area contributed by atoms with Gasteiger partial charge in [0.25, 0.3) is 0 Å². The summed E-state index contributed by atoms with van der Waals surface area (Å²) in [6.07, 6.45) is 4.07. The van der Waals surface area contributed by atoms with Gasteiger partial charge in [-0.05, 0) is 41.5 Å². The van der Waals surface area contributed by atoms with E-state index in [4.69, 9.17) is 16.3 Å². The number of carbonyl (C=O) groups is 1. The van der Waals surface area contributed by atoms with Crippen molar-refractivity contribution < 1.29 is 9.53 Å². The number of esters is 1. The van der Waals surface area contributed by atoms with Crippen LogP contribution >= 0.6 is 11.6 Å². The summed E-state index contributed by atoms with van der Waals surface area (Å²) in [6, 6.07) is 15.5. The fraction of sp³-hybridized carbons (Fsp3) is 0.167. The second-order valence-corrected chi connectivity index (χ2v) is 5.25. The summed E-state index contributed by atoms with van der Waals surface area (Å²) in [4.78, 5) is 10.8. The third kappa shape index (κ3) is 5.62. The zero-order chi connectivity index (χ0) is 15.8. The molecule has 4 heteroatoms. The fourth-order valence-corrected chi connectivity index (χ4v) is 2.04. The van der Waals surface area contributed by atoms with E-state index in [9.17, 15) is 4.79 Å². The Morgan fingerprint density at radius 2 is 2.00 bits per heavy atom. The second-order valence-electron chi connectivity index (χ2n) is 4.82. The van der Waals surface area contributed by atoms with E-state index in [2.05, 4.69) is 5.32 Å². The van der Waals surface area contributed by atoms with Gasteiger partial charge in [0.15, 0.2) is 0 Å². The Balaban J connectivity index is 1.85. The Bertz CT molecular complexity index is 650. The van der Waals surface area contributed by atoms with Crippen molar-refractivity contribution in [3.8, 4) is 0 Å². The molecule has 0 atom stereocenters. The van der Waals surface area contributed by atoms with Crippen molar-refractivity contribution in [2.24, 2.45) is 0 Å². The lowest BCUT2D eigenvalue weighted by Crippen LogP contribution is -1.99. The van der Waals surface area contributed by atoms with Gasteiger partial charge in [-0.25, -0.2) is 0 Å². The Labute approximate surface area is 135 Å². The van der Waals surface area contributed by atoms with Gasteiger partial charge in [-0.1, -0.05) is 42.0 Å². The van der Waals surface area contributed by atoms with E-state index >= 15 is 0 Å². The standard InChI is InChI=1S/C18H18ClNO2/c1-14(21)22-13-16-5-2-4-15(12-16)6-3-11-20-18-9-7-17(19)8-10-18/h2-10,12,20H,11,13H2,1H3/b6-3+. The molecule has 0 aliphatic heterocycles. The summed E-state index contributed by atoms with van der Waals surface area (Å²) in [5.41, 5.74) is 3.07. The first-order chi connectivity index (χ1) is 10.6. The summed E-state index contributed by atoms with van der Waals surface area (Å²) < 4.78 is 4.99. The van der Waals surface area contributed by atoms with E-state index in [1.165, 1.54) is 6.92 Å². The Morgan fingerprint density at radius 1 is 1.23 bits per heavy atom. The van der Waals surface area contributed by atoms with Crippen molar-refractivity contribution in [3.63, 3.8) is 0 Å². The monoisotopic (exact) mass is 315 g/mol. The van der Waals surface area contributed by atoms with E-state index in [1.54, 1.807) is 0 Å². The van der Waals surface area contributed by atoms with Crippen LogP contribution in [0.2, 0.25) is 5.02 Å². The molecular formula is C18H18ClNO2. The maximum atomic E-state index is 10.8. The van der Waals surface area contributed by atoms with E-state index in [1.807, 2.05) is 60.7 Å². The highest BCUT2D eigenvalue weighted by atomic mass is 35.5. The number of carbonyl (C=O) groups excluding carboxylic acids is 1. The smallest absolute Gasteiger partial charge is 0.302 e. The minimum Gasteiger partial charge on any atom is -0.461 e. The Morgan fingerprint density at radius 3 is 2.73 bits per heavy atom. The largest absolute Gasteiger partial charge is 0.461 e. The molecule has 22 heavy (non-hydrogen) atoms. The molecule has 0 amide bonds. The minimum atomic E-state index is -0.270. The average Bonchev–Trinajstić information content (AvgIpc) is 2.52. The Kier molecular flexibility index (Phi) is 6.04. The summed E-state index contributed by atoms with van der Waals surface area (Å²) in [5, 5.41) is 4.01. The highest BCUT2D eigenvalue weighted by molar-refractivity contribution is 6.30. The predicted octanol–water partition coefficient (Wildman–Crippen LogP) is 4.53. The van der Waals surface area contributed by atoms with Crippen LogP contribution in [0.4, 0.5) is 5.69 Å². The normalized spacial score (nSPS) is 10.6. The van der Waals surface area contributed by atoms with E-state index in [-0.39, 0.29) is 5.97 Å². The van der Waals surface area contributed by atoms with Crippen LogP contribution in [0.5, 0.6) is 0 Å². The quantitative estimate of drug-likeness (QED) is 0.796. The number of anilines is 1. The lowest BCUT2D eigenvalue weighted by molar-refractivity contribution is -0.142. The van der Waals surface area contributed by atoms with Gasteiger partial charge in [-0.3, -0.25) is 4.79 Å². The van der Waals surface area contributed by atoms with Gasteiger partial charge in [0.2, 0.25) is 0 Å². The van der Waals surface area contributed by atoms with Crippen molar-refractivity contribution >= 4 is 29.3 Å². The van der Waals surface area contributed by atoms with Crippen molar-refractivity contribution in [1.29, 1.82) is 0 Å². The van der Waals surface area contributed by atoms with Crippen molar-refractivity contribution in [2.45, 2.75) is 13.5 Å². The number of benzene rings is 2. The molecule has 0 spiro atoms. The van der Waals surface area contributed by atoms with Crippen LogP contribution in [0.3, 0.4) is 0 Å². The van der Waals surface area contributed by atoms with Crippen LogP contribution in [0.1, 0.15) is 18.1 Å². The lowest BCUT2D eigenvalue weighted by Gasteiger charge is -2.04. The van der Waals surface area contributed by atoms with E-state index < -0.39 is 0 Å². The fourth-order valence-electron chi connectivity index (χ4n) is 1.91. The van der Waals surface area contributed by atoms with Crippen LogP contribution in [-0.2, 0) is 16.1 Å². The third-order valence-corrected chi connectivity index (χ3v) is 3.22. The van der Waals surface area contributed by atoms with Crippen LogP contribution in [-0.4, -0.2) is 12.5 Å². The summed E-state index contributed by atoms with van der Waals surface area (Å²) in [5.74, 6) is -0.270. The van der Waals surface area contributed by atoms with Gasteiger partial charge in [0.1, 0.15) is 6.61 Å². The third-order valence-electron chi connectivity index (χ3n) is 2.97. The molecule has 0 unspecified atom stereocenters. The molecule has 2 aromatic rings. The van der Waals surface area contributed by atoms with Crippen LogP contribution in [0.15, 0.2) is 54.6 Å². The van der Waals surface area contributed by atoms with Gasteiger partial charge >= 0.3 is 5.97 Å². The van der Waals surface area contributed by atoms with Crippen molar-refractivity contribution in [2.75, 3.05) is 11.9 Å². The van der Waals surface area contributed by atoms with Crippen LogP contribution in [0, 0.1) is 0 Å². The second kappa shape index (κ2) is 8.25. The highest BCUT2D eigenvalue weighted by Gasteiger charge is 1.97. The molecule has 0 saturated carbocycles. The molecular weight excluding hydrogens is 298 g/mol. The van der Waals surface area contributed by atoms with E-state index in [0.717, 1.165) is 28.4 Å². The summed E-state index contributed by atoms with van der Waals surface area (Å²) in [6.45, 7) is 2.43. The Hall–Kier alpha value is -2.26. The molecule has 2 rings (SSSR count). The van der Waals surface area contributed by atoms with Crippen LogP contribution in [0.25, 0.3) is 6.08 Å². The van der Waals surface area contributed by atoms with E-state index in [0.29, 0.717) is 6.61 Å². The molecule has 2 aromatic carbocycles. The maximum absolute atomic E-state index is 10.8. The molecule has 1 N–H and O–H groups in total. The molecule has 0 saturated heterocycles. The number of halogens is 1. The molecule has 0 aliphatic rings. The minimum absolute atomic E-state index is 0.270. The maximum Gasteiger partial charge on any atom is 0.302 e. The first kappa shape index (κ1) is 16.1. The number of hydrogen-bond acceptors (Lipinski definition) is 3. The van der Waals surface area contributed by atoms with Gasteiger partial charge in [-0.15, -0.1) is 0 Å². The van der Waals surface area contributed by atoms with Crippen molar-refractivity contribution in [1.82, 2.24) is 0 Å². The first-order valence-corrected chi connectivity index (χ1v) is 7.39. The molecule has 3 nitrogen and oxygen atoms in total. The molecule has 114 valence electrons. The molecule has 0 aliphatic carbocycles. The van der Waals surface area contributed by atoms with Crippen molar-refractivity contribution in [3.05, 3.63) is 70.8 Å². The number of nitrogens with one attached hydrogen (secondary N) is 1. The molecule has 0 fully saturated rings. The summed E-state index contributed by atoms with van der Waals surface area (Å²) in [7, 11) is 0. The SMILES string of the molecule is CC(=O)OCc1cccc(/C=C/CNc2ccc(Cl)cc2)c1. The molecule has 0 heterocycles. The number of rotatable bonds is 6. The summed E-state index contributed by atoms with van der Waals surface area (Å²) >= 11 is 5.84. The number of ether oxygens (including phenoxy) is 1. The predicted molar refractivity (Wildman–Crippen MR) is 90.9 cm³/mol. The topological polar surface area (TPSA) is 38.3 Å². The van der Waals surface area contributed by atoms with Gasteiger partial charge < -0.3 is 10.1 Å². The molecule has 0 aromatic heterocycles. The zero-order valence-corrected chi connectivity index (χ0v) is 13.1. The molecule has 0 bridgehead atoms. The number of hydrogen-bond donors (Lipinski definition) is 1.